The molecule has 0 aromatic heterocycles. The summed E-state index contributed by atoms with van der Waals surface area (Å²) in [4.78, 5) is 12.0. The van der Waals surface area contributed by atoms with E-state index >= 15 is 0 Å². The van der Waals surface area contributed by atoms with E-state index in [9.17, 15) is 4.79 Å². The Hall–Kier alpha value is -0.770. The minimum Gasteiger partial charge on any atom is -0.350 e. The number of amides is 1. The monoisotopic (exact) mass is 314 g/mol. The van der Waals surface area contributed by atoms with Gasteiger partial charge >= 0.3 is 0 Å². The average Bonchev–Trinajstić information content (AvgIpc) is 2.89. The number of nitrogens with one attached hydrogen (secondary N) is 2. The summed E-state index contributed by atoms with van der Waals surface area (Å²) in [6, 6.07) is 5.73. The molecule has 5 heteroatoms. The molecular weight excluding hydrogens is 295 g/mol. The topological polar surface area (TPSA) is 41.1 Å². The third-order valence-electron chi connectivity index (χ3n) is 3.69. The van der Waals surface area contributed by atoms with Crippen LogP contribution in [-0.4, -0.2) is 18.5 Å². The molecule has 3 nitrogen and oxygen atoms in total. The lowest BCUT2D eigenvalue weighted by molar-refractivity contribution is -0.121. The largest absolute Gasteiger partial charge is 0.350 e. The number of rotatable bonds is 5. The zero-order valence-corrected chi connectivity index (χ0v) is 13.1. The third-order valence-corrected chi connectivity index (χ3v) is 4.25. The normalized spacial score (nSPS) is 19.9. The summed E-state index contributed by atoms with van der Waals surface area (Å²) in [6.07, 6.45) is 3.83. The van der Waals surface area contributed by atoms with Crippen molar-refractivity contribution in [3.8, 4) is 0 Å². The van der Waals surface area contributed by atoms with Gasteiger partial charge in [-0.05, 0) is 50.4 Å². The number of carbonyl (C=O) groups is 1. The second-order valence-electron chi connectivity index (χ2n) is 5.29. The molecule has 0 radical (unpaired) electrons. The van der Waals surface area contributed by atoms with E-state index in [0.29, 0.717) is 22.5 Å². The highest BCUT2D eigenvalue weighted by Gasteiger charge is 2.17. The predicted octanol–water partition coefficient (Wildman–Crippen LogP) is 3.70. The van der Waals surface area contributed by atoms with Crippen LogP contribution in [0.2, 0.25) is 10.0 Å². The second kappa shape index (κ2) is 7.30. The molecule has 0 saturated carbocycles. The summed E-state index contributed by atoms with van der Waals surface area (Å²) in [5, 5.41) is 7.57. The van der Waals surface area contributed by atoms with E-state index in [4.69, 9.17) is 23.2 Å². The zero-order chi connectivity index (χ0) is 14.5. The van der Waals surface area contributed by atoms with Gasteiger partial charge in [-0.25, -0.2) is 0 Å². The maximum absolute atomic E-state index is 12.0. The summed E-state index contributed by atoms with van der Waals surface area (Å²) in [5.41, 5.74) is 0.892. The van der Waals surface area contributed by atoms with Crippen molar-refractivity contribution >= 4 is 29.1 Å². The van der Waals surface area contributed by atoms with Crippen LogP contribution in [0.1, 0.15) is 44.2 Å². The van der Waals surface area contributed by atoms with Crippen LogP contribution >= 0.6 is 23.2 Å². The lowest BCUT2D eigenvalue weighted by Crippen LogP contribution is -2.29. The van der Waals surface area contributed by atoms with Gasteiger partial charge in [-0.1, -0.05) is 29.3 Å². The lowest BCUT2D eigenvalue weighted by Gasteiger charge is -2.17. The van der Waals surface area contributed by atoms with E-state index in [1.54, 1.807) is 12.1 Å². The van der Waals surface area contributed by atoms with E-state index < -0.39 is 0 Å². The van der Waals surface area contributed by atoms with E-state index in [0.717, 1.165) is 18.5 Å². The highest BCUT2D eigenvalue weighted by atomic mass is 35.5. The number of hydrogen-bond acceptors (Lipinski definition) is 2. The Labute approximate surface area is 130 Å². The molecule has 1 amide bonds. The Morgan fingerprint density at radius 3 is 2.95 bits per heavy atom. The molecule has 110 valence electrons. The van der Waals surface area contributed by atoms with Gasteiger partial charge in [0.1, 0.15) is 0 Å². The van der Waals surface area contributed by atoms with Crippen molar-refractivity contribution in [2.75, 3.05) is 6.54 Å². The molecule has 20 heavy (non-hydrogen) atoms. The molecule has 2 unspecified atom stereocenters. The first-order valence-electron chi connectivity index (χ1n) is 7.04. The summed E-state index contributed by atoms with van der Waals surface area (Å²) in [7, 11) is 0. The molecule has 2 rings (SSSR count). The van der Waals surface area contributed by atoms with Crippen molar-refractivity contribution in [3.05, 3.63) is 33.8 Å². The van der Waals surface area contributed by atoms with Gasteiger partial charge in [0, 0.05) is 22.5 Å². The molecule has 1 aliphatic heterocycles. The van der Waals surface area contributed by atoms with Crippen LogP contribution in [-0.2, 0) is 4.79 Å². The van der Waals surface area contributed by atoms with Gasteiger partial charge in [0.15, 0.2) is 0 Å². The van der Waals surface area contributed by atoms with E-state index in [-0.39, 0.29) is 11.9 Å². The van der Waals surface area contributed by atoms with Gasteiger partial charge in [0.05, 0.1) is 6.04 Å². The molecule has 1 aliphatic rings. The molecule has 1 heterocycles. The van der Waals surface area contributed by atoms with Crippen molar-refractivity contribution in [1.82, 2.24) is 10.6 Å². The minimum atomic E-state index is -0.108. The molecule has 0 spiro atoms. The van der Waals surface area contributed by atoms with Crippen molar-refractivity contribution in [3.63, 3.8) is 0 Å². The van der Waals surface area contributed by atoms with Crippen LogP contribution in [0.25, 0.3) is 0 Å². The van der Waals surface area contributed by atoms with Crippen LogP contribution < -0.4 is 10.6 Å². The van der Waals surface area contributed by atoms with Crippen LogP contribution in [0, 0.1) is 0 Å². The summed E-state index contributed by atoms with van der Waals surface area (Å²) >= 11 is 12.0. The molecule has 0 aliphatic carbocycles. The number of benzene rings is 1. The van der Waals surface area contributed by atoms with Gasteiger partial charge in [0.25, 0.3) is 0 Å². The Kier molecular flexibility index (Phi) is 5.70. The minimum absolute atomic E-state index is 0.0669. The maximum atomic E-state index is 12.0. The van der Waals surface area contributed by atoms with Gasteiger partial charge in [-0.3, -0.25) is 4.79 Å². The quantitative estimate of drug-likeness (QED) is 0.870. The lowest BCUT2D eigenvalue weighted by atomic mass is 10.1. The highest BCUT2D eigenvalue weighted by Crippen LogP contribution is 2.26. The molecule has 2 atom stereocenters. The van der Waals surface area contributed by atoms with Crippen molar-refractivity contribution in [2.24, 2.45) is 0 Å². The summed E-state index contributed by atoms with van der Waals surface area (Å²) in [6.45, 7) is 3.00. The molecular formula is C15H20Cl2N2O. The molecule has 1 aromatic carbocycles. The maximum Gasteiger partial charge on any atom is 0.220 e. The number of hydrogen-bond donors (Lipinski definition) is 2. The van der Waals surface area contributed by atoms with Crippen LogP contribution in [0.15, 0.2) is 18.2 Å². The standard InChI is InChI=1S/C15H20Cl2N2O/c1-10(13-6-4-11(16)9-14(13)17)19-15(20)7-5-12-3-2-8-18-12/h4,6,9-10,12,18H,2-3,5,7-8H2,1H3,(H,19,20). The van der Waals surface area contributed by atoms with Gasteiger partial charge in [-0.2, -0.15) is 0 Å². The van der Waals surface area contributed by atoms with Crippen molar-refractivity contribution < 1.29 is 4.79 Å². The second-order valence-corrected chi connectivity index (χ2v) is 6.13. The molecule has 0 bridgehead atoms. The fourth-order valence-electron chi connectivity index (χ4n) is 2.55. The fraction of sp³-hybridized carbons (Fsp3) is 0.533. The van der Waals surface area contributed by atoms with Crippen LogP contribution in [0.4, 0.5) is 0 Å². The molecule has 1 saturated heterocycles. The van der Waals surface area contributed by atoms with E-state index in [1.807, 2.05) is 13.0 Å². The van der Waals surface area contributed by atoms with Crippen LogP contribution in [0.5, 0.6) is 0 Å². The first-order chi connectivity index (χ1) is 9.56. The fourth-order valence-corrected chi connectivity index (χ4v) is 3.12. The van der Waals surface area contributed by atoms with Gasteiger partial charge in [0.2, 0.25) is 5.91 Å². The summed E-state index contributed by atoms with van der Waals surface area (Å²) < 4.78 is 0. The Balaban J connectivity index is 1.83. The van der Waals surface area contributed by atoms with Crippen LogP contribution in [0.3, 0.4) is 0 Å². The van der Waals surface area contributed by atoms with Gasteiger partial charge in [-0.15, -0.1) is 0 Å². The first kappa shape index (κ1) is 15.6. The van der Waals surface area contributed by atoms with Crippen molar-refractivity contribution in [2.45, 2.75) is 44.7 Å². The summed E-state index contributed by atoms with van der Waals surface area (Å²) in [5.74, 6) is 0.0669. The Morgan fingerprint density at radius 2 is 2.30 bits per heavy atom. The SMILES string of the molecule is CC(NC(=O)CCC1CCCN1)c1ccc(Cl)cc1Cl. The Bertz CT molecular complexity index is 473. The third kappa shape index (κ3) is 4.37. The first-order valence-corrected chi connectivity index (χ1v) is 7.79. The van der Waals surface area contributed by atoms with E-state index in [1.165, 1.54) is 12.8 Å². The number of halogens is 2. The molecule has 2 N–H and O–H groups in total. The predicted molar refractivity (Wildman–Crippen MR) is 83.3 cm³/mol. The smallest absolute Gasteiger partial charge is 0.220 e. The molecule has 1 aromatic rings. The molecule has 1 fully saturated rings. The number of carbonyl (C=O) groups excluding carboxylic acids is 1. The average molecular weight is 315 g/mol. The zero-order valence-electron chi connectivity index (χ0n) is 11.6. The Morgan fingerprint density at radius 1 is 1.50 bits per heavy atom. The van der Waals surface area contributed by atoms with Crippen molar-refractivity contribution in [1.29, 1.82) is 0 Å². The highest BCUT2D eigenvalue weighted by molar-refractivity contribution is 6.35. The van der Waals surface area contributed by atoms with Gasteiger partial charge < -0.3 is 10.6 Å². The van der Waals surface area contributed by atoms with E-state index in [2.05, 4.69) is 10.6 Å².